The molecule has 4 heteroatoms. The van der Waals surface area contributed by atoms with Crippen molar-refractivity contribution in [1.82, 2.24) is 10.2 Å². The average molecular weight is 198 g/mol. The molecule has 0 spiro atoms. The van der Waals surface area contributed by atoms with Crippen LogP contribution in [-0.2, 0) is 9.59 Å². The SMILES string of the molecule is CCNCCCN1C(=O)CC(C)C1=O. The summed E-state index contributed by atoms with van der Waals surface area (Å²) in [6.07, 6.45) is 1.23. The molecule has 4 nitrogen and oxygen atoms in total. The number of carbonyl (C=O) groups is 2. The van der Waals surface area contributed by atoms with Crippen molar-refractivity contribution in [3.8, 4) is 0 Å². The molecule has 0 aliphatic carbocycles. The molecular weight excluding hydrogens is 180 g/mol. The van der Waals surface area contributed by atoms with Crippen LogP contribution in [0.2, 0.25) is 0 Å². The van der Waals surface area contributed by atoms with Gasteiger partial charge in [-0.1, -0.05) is 13.8 Å². The minimum absolute atomic E-state index is 0.00787. The van der Waals surface area contributed by atoms with Crippen molar-refractivity contribution in [2.45, 2.75) is 26.7 Å². The Morgan fingerprint density at radius 1 is 1.50 bits per heavy atom. The molecule has 1 unspecified atom stereocenters. The van der Waals surface area contributed by atoms with Gasteiger partial charge in [0.05, 0.1) is 0 Å². The van der Waals surface area contributed by atoms with Gasteiger partial charge < -0.3 is 5.32 Å². The molecule has 1 atom stereocenters. The fraction of sp³-hybridized carbons (Fsp3) is 0.800. The van der Waals surface area contributed by atoms with Gasteiger partial charge in [0.2, 0.25) is 11.8 Å². The summed E-state index contributed by atoms with van der Waals surface area (Å²) in [6, 6.07) is 0. The van der Waals surface area contributed by atoms with Crippen LogP contribution >= 0.6 is 0 Å². The summed E-state index contributed by atoms with van der Waals surface area (Å²) < 4.78 is 0. The highest BCUT2D eigenvalue weighted by atomic mass is 16.2. The fourth-order valence-corrected chi connectivity index (χ4v) is 1.62. The van der Waals surface area contributed by atoms with Crippen LogP contribution in [0.3, 0.4) is 0 Å². The number of nitrogens with zero attached hydrogens (tertiary/aromatic N) is 1. The number of likely N-dealkylation sites (tertiary alicyclic amines) is 1. The maximum absolute atomic E-state index is 11.5. The lowest BCUT2D eigenvalue weighted by Gasteiger charge is -2.13. The zero-order chi connectivity index (χ0) is 10.6. The second kappa shape index (κ2) is 5.10. The molecule has 0 aromatic heterocycles. The van der Waals surface area contributed by atoms with Crippen molar-refractivity contribution in [3.63, 3.8) is 0 Å². The van der Waals surface area contributed by atoms with E-state index >= 15 is 0 Å². The first-order chi connectivity index (χ1) is 6.66. The Morgan fingerprint density at radius 3 is 2.71 bits per heavy atom. The molecule has 1 saturated heterocycles. The summed E-state index contributed by atoms with van der Waals surface area (Å²) in [4.78, 5) is 24.2. The predicted octanol–water partition coefficient (Wildman–Crippen LogP) is 0.381. The molecule has 2 amide bonds. The van der Waals surface area contributed by atoms with Gasteiger partial charge in [-0.3, -0.25) is 14.5 Å². The van der Waals surface area contributed by atoms with Crippen LogP contribution in [-0.4, -0.2) is 36.3 Å². The van der Waals surface area contributed by atoms with Crippen molar-refractivity contribution in [1.29, 1.82) is 0 Å². The molecule has 1 aliphatic rings. The van der Waals surface area contributed by atoms with Crippen LogP contribution in [0, 0.1) is 5.92 Å². The summed E-state index contributed by atoms with van der Waals surface area (Å²) in [6.45, 7) is 6.20. The van der Waals surface area contributed by atoms with E-state index in [9.17, 15) is 9.59 Å². The lowest BCUT2D eigenvalue weighted by molar-refractivity contribution is -0.139. The van der Waals surface area contributed by atoms with E-state index in [-0.39, 0.29) is 17.7 Å². The minimum atomic E-state index is -0.110. The van der Waals surface area contributed by atoms with Gasteiger partial charge in [0.1, 0.15) is 0 Å². The Kier molecular flexibility index (Phi) is 4.07. The number of imide groups is 1. The second-order valence-corrected chi connectivity index (χ2v) is 3.70. The zero-order valence-corrected chi connectivity index (χ0v) is 8.88. The Hall–Kier alpha value is -0.900. The highest BCUT2D eigenvalue weighted by molar-refractivity contribution is 6.03. The highest BCUT2D eigenvalue weighted by Gasteiger charge is 2.34. The highest BCUT2D eigenvalue weighted by Crippen LogP contribution is 2.18. The maximum atomic E-state index is 11.5. The molecule has 0 aromatic carbocycles. The number of rotatable bonds is 5. The van der Waals surface area contributed by atoms with Gasteiger partial charge in [-0.25, -0.2) is 0 Å². The summed E-state index contributed by atoms with van der Waals surface area (Å²) in [7, 11) is 0. The third-order valence-electron chi connectivity index (χ3n) is 2.45. The first-order valence-electron chi connectivity index (χ1n) is 5.21. The molecular formula is C10H18N2O2. The van der Waals surface area contributed by atoms with E-state index in [1.165, 1.54) is 4.90 Å². The molecule has 1 heterocycles. The predicted molar refractivity (Wildman–Crippen MR) is 53.7 cm³/mol. The summed E-state index contributed by atoms with van der Waals surface area (Å²) in [5, 5.41) is 3.16. The topological polar surface area (TPSA) is 49.4 Å². The molecule has 0 aromatic rings. The van der Waals surface area contributed by atoms with Crippen LogP contribution in [0.4, 0.5) is 0 Å². The third-order valence-corrected chi connectivity index (χ3v) is 2.45. The molecule has 0 bridgehead atoms. The lowest BCUT2D eigenvalue weighted by Crippen LogP contribution is -2.32. The van der Waals surface area contributed by atoms with Gasteiger partial charge in [0.15, 0.2) is 0 Å². The average Bonchev–Trinajstić information content (AvgIpc) is 2.38. The molecule has 14 heavy (non-hydrogen) atoms. The zero-order valence-electron chi connectivity index (χ0n) is 8.88. The molecule has 1 rings (SSSR count). The second-order valence-electron chi connectivity index (χ2n) is 3.70. The molecule has 0 radical (unpaired) electrons. The van der Waals surface area contributed by atoms with Crippen molar-refractivity contribution in [2.75, 3.05) is 19.6 Å². The molecule has 1 N–H and O–H groups in total. The van der Waals surface area contributed by atoms with Gasteiger partial charge in [0, 0.05) is 18.9 Å². The van der Waals surface area contributed by atoms with E-state index in [0.717, 1.165) is 19.5 Å². The largest absolute Gasteiger partial charge is 0.317 e. The molecule has 1 aliphatic heterocycles. The van der Waals surface area contributed by atoms with E-state index in [2.05, 4.69) is 5.32 Å². The summed E-state index contributed by atoms with van der Waals surface area (Å²) in [5.41, 5.74) is 0. The van der Waals surface area contributed by atoms with Gasteiger partial charge in [-0.05, 0) is 19.5 Å². The first-order valence-corrected chi connectivity index (χ1v) is 5.21. The van der Waals surface area contributed by atoms with Crippen molar-refractivity contribution < 1.29 is 9.59 Å². The summed E-state index contributed by atoms with van der Waals surface area (Å²) >= 11 is 0. The van der Waals surface area contributed by atoms with Crippen LogP contribution in [0.15, 0.2) is 0 Å². The number of amides is 2. The molecule has 0 saturated carbocycles. The molecule has 80 valence electrons. The van der Waals surface area contributed by atoms with Gasteiger partial charge in [0.25, 0.3) is 0 Å². The van der Waals surface area contributed by atoms with E-state index in [0.29, 0.717) is 13.0 Å². The van der Waals surface area contributed by atoms with E-state index in [1.54, 1.807) is 0 Å². The minimum Gasteiger partial charge on any atom is -0.317 e. The van der Waals surface area contributed by atoms with E-state index in [1.807, 2.05) is 13.8 Å². The summed E-state index contributed by atoms with van der Waals surface area (Å²) in [5.74, 6) is -0.132. The van der Waals surface area contributed by atoms with Crippen LogP contribution in [0.1, 0.15) is 26.7 Å². The normalized spacial score (nSPS) is 22.1. The van der Waals surface area contributed by atoms with Gasteiger partial charge in [-0.15, -0.1) is 0 Å². The van der Waals surface area contributed by atoms with Crippen molar-refractivity contribution >= 4 is 11.8 Å². The quantitative estimate of drug-likeness (QED) is 0.513. The van der Waals surface area contributed by atoms with Gasteiger partial charge >= 0.3 is 0 Å². The smallest absolute Gasteiger partial charge is 0.232 e. The van der Waals surface area contributed by atoms with E-state index < -0.39 is 0 Å². The fourth-order valence-electron chi connectivity index (χ4n) is 1.62. The Balaban J connectivity index is 2.30. The number of nitrogens with one attached hydrogen (secondary N) is 1. The van der Waals surface area contributed by atoms with Crippen LogP contribution in [0.5, 0.6) is 0 Å². The van der Waals surface area contributed by atoms with Crippen LogP contribution in [0.25, 0.3) is 0 Å². The first kappa shape index (κ1) is 11.2. The number of hydrogen-bond donors (Lipinski definition) is 1. The Bertz CT molecular complexity index is 228. The Morgan fingerprint density at radius 2 is 2.21 bits per heavy atom. The number of carbonyl (C=O) groups excluding carboxylic acids is 2. The van der Waals surface area contributed by atoms with Crippen molar-refractivity contribution in [2.24, 2.45) is 5.92 Å². The third kappa shape index (κ3) is 2.54. The maximum Gasteiger partial charge on any atom is 0.232 e. The Labute approximate surface area is 84.7 Å². The monoisotopic (exact) mass is 198 g/mol. The van der Waals surface area contributed by atoms with Gasteiger partial charge in [-0.2, -0.15) is 0 Å². The van der Waals surface area contributed by atoms with Crippen molar-refractivity contribution in [3.05, 3.63) is 0 Å². The van der Waals surface area contributed by atoms with E-state index in [4.69, 9.17) is 0 Å². The molecule has 1 fully saturated rings. The number of hydrogen-bond acceptors (Lipinski definition) is 3. The van der Waals surface area contributed by atoms with Crippen LogP contribution < -0.4 is 5.32 Å². The lowest BCUT2D eigenvalue weighted by atomic mass is 10.1. The standard InChI is InChI=1S/C10H18N2O2/c1-3-11-5-4-6-12-9(13)7-8(2)10(12)14/h8,11H,3-7H2,1-2H3.